The Hall–Kier alpha value is -2.65. The van der Waals surface area contributed by atoms with Crippen molar-refractivity contribution >= 4 is 23.4 Å². The van der Waals surface area contributed by atoms with Crippen LogP contribution in [0.15, 0.2) is 24.3 Å². The van der Waals surface area contributed by atoms with Crippen LogP contribution in [0.4, 0.5) is 5.69 Å². The molecule has 9 nitrogen and oxygen atoms in total. The number of nitrogens with one attached hydrogen (secondary N) is 3. The lowest BCUT2D eigenvalue weighted by atomic mass is 10.0. The number of hydrogen-bond acceptors (Lipinski definition) is 6. The molecule has 1 unspecified atom stereocenters. The number of nitrogens with two attached hydrogens (primary N) is 1. The van der Waals surface area contributed by atoms with Crippen LogP contribution < -0.4 is 21.7 Å². The van der Waals surface area contributed by atoms with Crippen LogP contribution in [0.3, 0.4) is 0 Å². The molecule has 9 heteroatoms. The summed E-state index contributed by atoms with van der Waals surface area (Å²) in [5.74, 6) is -0.989. The smallest absolute Gasteiger partial charge is 0.251 e. The van der Waals surface area contributed by atoms with E-state index in [0.29, 0.717) is 50.8 Å². The van der Waals surface area contributed by atoms with Gasteiger partial charge in [0.15, 0.2) is 0 Å². The second kappa shape index (κ2) is 15.5. The summed E-state index contributed by atoms with van der Waals surface area (Å²) < 4.78 is 5.80. The molecule has 1 atom stereocenters. The first kappa shape index (κ1) is 31.4. The third-order valence-corrected chi connectivity index (χ3v) is 5.77. The maximum atomic E-state index is 12.4. The van der Waals surface area contributed by atoms with Crippen LogP contribution in [0.5, 0.6) is 0 Å². The molecule has 36 heavy (non-hydrogen) atoms. The minimum Gasteiger partial charge on any atom is -0.390 e. The fraction of sp³-hybridized carbons (Fsp3) is 0.667. The fourth-order valence-electron chi connectivity index (χ4n) is 3.40. The van der Waals surface area contributed by atoms with Crippen LogP contribution >= 0.6 is 0 Å². The van der Waals surface area contributed by atoms with Gasteiger partial charge in [0, 0.05) is 30.8 Å². The maximum Gasteiger partial charge on any atom is 0.251 e. The van der Waals surface area contributed by atoms with Gasteiger partial charge in [-0.1, -0.05) is 6.92 Å². The predicted molar refractivity (Wildman–Crippen MR) is 143 cm³/mol. The summed E-state index contributed by atoms with van der Waals surface area (Å²) in [6.45, 7) is 11.1. The summed E-state index contributed by atoms with van der Waals surface area (Å²) >= 11 is 0. The minimum absolute atomic E-state index is 0.149. The zero-order valence-electron chi connectivity index (χ0n) is 22.6. The molecular weight excluding hydrogens is 460 g/mol. The van der Waals surface area contributed by atoms with E-state index in [-0.39, 0.29) is 18.2 Å². The molecule has 0 saturated heterocycles. The third kappa shape index (κ3) is 14.0. The molecule has 204 valence electrons. The van der Waals surface area contributed by atoms with Crippen LogP contribution in [-0.4, -0.2) is 59.8 Å². The van der Waals surface area contributed by atoms with Gasteiger partial charge in [0.1, 0.15) is 6.04 Å². The number of unbranched alkanes of at least 4 members (excludes halogenated alkanes) is 1. The van der Waals surface area contributed by atoms with Crippen molar-refractivity contribution in [2.75, 3.05) is 25.0 Å². The SMILES string of the molecule is CCCNc1ccc(C(=O)NCCCCC(NC(=O)CCC(C)(C)OCCC(C)(C)O)C(N)=O)cc1. The summed E-state index contributed by atoms with van der Waals surface area (Å²) in [7, 11) is 0. The number of ether oxygens (including phenoxy) is 1. The monoisotopic (exact) mass is 506 g/mol. The van der Waals surface area contributed by atoms with Gasteiger partial charge in [0.05, 0.1) is 17.8 Å². The molecule has 1 aromatic rings. The molecule has 0 saturated carbocycles. The molecule has 0 heterocycles. The molecule has 6 N–H and O–H groups in total. The first-order chi connectivity index (χ1) is 16.8. The van der Waals surface area contributed by atoms with E-state index in [9.17, 15) is 19.5 Å². The Bertz CT molecular complexity index is 818. The number of aliphatic hydroxyl groups is 1. The van der Waals surface area contributed by atoms with E-state index in [0.717, 1.165) is 18.7 Å². The van der Waals surface area contributed by atoms with E-state index in [2.05, 4.69) is 22.9 Å². The van der Waals surface area contributed by atoms with E-state index in [1.165, 1.54) is 0 Å². The van der Waals surface area contributed by atoms with E-state index in [1.54, 1.807) is 26.0 Å². The van der Waals surface area contributed by atoms with Crippen LogP contribution in [0.1, 0.15) is 89.9 Å². The molecule has 3 amide bonds. The second-order valence-corrected chi connectivity index (χ2v) is 10.4. The van der Waals surface area contributed by atoms with Crippen molar-refractivity contribution in [3.8, 4) is 0 Å². The van der Waals surface area contributed by atoms with Crippen LogP contribution in [0, 0.1) is 0 Å². The van der Waals surface area contributed by atoms with Crippen molar-refractivity contribution in [2.45, 2.75) is 96.8 Å². The lowest BCUT2D eigenvalue weighted by Gasteiger charge is -2.27. The third-order valence-electron chi connectivity index (χ3n) is 5.77. The van der Waals surface area contributed by atoms with Gasteiger partial charge in [-0.2, -0.15) is 0 Å². The highest BCUT2D eigenvalue weighted by Crippen LogP contribution is 2.19. The number of amides is 3. The average molecular weight is 507 g/mol. The predicted octanol–water partition coefficient (Wildman–Crippen LogP) is 3.12. The molecule has 0 aliphatic heterocycles. The number of carbonyl (C=O) groups excluding carboxylic acids is 3. The molecular formula is C27H46N4O5. The Morgan fingerprint density at radius 2 is 1.69 bits per heavy atom. The number of carbonyl (C=O) groups is 3. The second-order valence-electron chi connectivity index (χ2n) is 10.4. The van der Waals surface area contributed by atoms with Gasteiger partial charge in [0.25, 0.3) is 5.91 Å². The lowest BCUT2D eigenvalue weighted by molar-refractivity contribution is -0.128. The van der Waals surface area contributed by atoms with Gasteiger partial charge in [-0.3, -0.25) is 14.4 Å². The standard InChI is InChI=1S/C27H46N4O5/c1-6-17-29-21-12-10-20(11-13-21)25(34)30-18-8-7-9-22(24(28)33)31-23(32)14-15-27(4,5)36-19-16-26(2,3)35/h10-13,22,29,35H,6-9,14-19H2,1-5H3,(H2,28,33)(H,30,34)(H,31,32). The Labute approximate surface area is 215 Å². The zero-order valence-corrected chi connectivity index (χ0v) is 22.6. The van der Waals surface area contributed by atoms with Crippen molar-refractivity contribution in [1.82, 2.24) is 10.6 Å². The van der Waals surface area contributed by atoms with Gasteiger partial charge in [-0.05, 0) is 90.5 Å². The maximum absolute atomic E-state index is 12.4. The largest absolute Gasteiger partial charge is 0.390 e. The van der Waals surface area contributed by atoms with E-state index in [4.69, 9.17) is 10.5 Å². The molecule has 0 radical (unpaired) electrons. The lowest BCUT2D eigenvalue weighted by Crippen LogP contribution is -2.45. The van der Waals surface area contributed by atoms with Crippen LogP contribution in [0.25, 0.3) is 0 Å². The molecule has 0 aliphatic carbocycles. The fourth-order valence-corrected chi connectivity index (χ4v) is 3.40. The summed E-state index contributed by atoms with van der Waals surface area (Å²) in [6, 6.07) is 6.58. The summed E-state index contributed by atoms with van der Waals surface area (Å²) in [5.41, 5.74) is 5.71. The average Bonchev–Trinajstić information content (AvgIpc) is 2.79. The number of anilines is 1. The molecule has 0 aromatic heterocycles. The van der Waals surface area contributed by atoms with Crippen LogP contribution in [0.2, 0.25) is 0 Å². The topological polar surface area (TPSA) is 143 Å². The highest BCUT2D eigenvalue weighted by molar-refractivity contribution is 5.94. The Kier molecular flexibility index (Phi) is 13.5. The molecule has 0 spiro atoms. The van der Waals surface area contributed by atoms with Gasteiger partial charge >= 0.3 is 0 Å². The highest BCUT2D eigenvalue weighted by Gasteiger charge is 2.23. The number of benzene rings is 1. The van der Waals surface area contributed by atoms with Crippen molar-refractivity contribution in [1.29, 1.82) is 0 Å². The van der Waals surface area contributed by atoms with Gasteiger partial charge in [-0.25, -0.2) is 0 Å². The van der Waals surface area contributed by atoms with E-state index < -0.39 is 23.2 Å². The molecule has 1 aromatic carbocycles. The number of rotatable bonds is 18. The first-order valence-electron chi connectivity index (χ1n) is 12.9. The molecule has 1 rings (SSSR count). The van der Waals surface area contributed by atoms with Crippen molar-refractivity contribution in [3.63, 3.8) is 0 Å². The summed E-state index contributed by atoms with van der Waals surface area (Å²) in [4.78, 5) is 36.5. The number of primary amides is 1. The zero-order chi connectivity index (χ0) is 27.2. The van der Waals surface area contributed by atoms with Crippen molar-refractivity contribution in [2.24, 2.45) is 5.73 Å². The van der Waals surface area contributed by atoms with Crippen molar-refractivity contribution < 1.29 is 24.2 Å². The quantitative estimate of drug-likeness (QED) is 0.194. The summed E-state index contributed by atoms with van der Waals surface area (Å²) in [5, 5.41) is 18.6. The van der Waals surface area contributed by atoms with Gasteiger partial charge < -0.3 is 31.5 Å². The van der Waals surface area contributed by atoms with E-state index >= 15 is 0 Å². The van der Waals surface area contributed by atoms with Gasteiger partial charge in [0.2, 0.25) is 11.8 Å². The Balaban J connectivity index is 2.33. The number of hydrogen-bond donors (Lipinski definition) is 5. The Morgan fingerprint density at radius 1 is 1.03 bits per heavy atom. The Morgan fingerprint density at radius 3 is 2.28 bits per heavy atom. The summed E-state index contributed by atoms with van der Waals surface area (Å²) in [6.07, 6.45) is 3.87. The van der Waals surface area contributed by atoms with Crippen LogP contribution in [-0.2, 0) is 14.3 Å². The first-order valence-corrected chi connectivity index (χ1v) is 12.9. The molecule has 0 bridgehead atoms. The molecule has 0 fully saturated rings. The van der Waals surface area contributed by atoms with E-state index in [1.807, 2.05) is 26.0 Å². The normalized spacial score (nSPS) is 12.6. The molecule has 0 aliphatic rings. The van der Waals surface area contributed by atoms with Crippen molar-refractivity contribution in [3.05, 3.63) is 29.8 Å². The van der Waals surface area contributed by atoms with Gasteiger partial charge in [-0.15, -0.1) is 0 Å². The highest BCUT2D eigenvalue weighted by atomic mass is 16.5. The minimum atomic E-state index is -0.803.